The van der Waals surface area contributed by atoms with E-state index in [0.29, 0.717) is 6.54 Å². The summed E-state index contributed by atoms with van der Waals surface area (Å²) in [6, 6.07) is 20.2. The van der Waals surface area contributed by atoms with E-state index in [2.05, 4.69) is 27.4 Å². The lowest BCUT2D eigenvalue weighted by Gasteiger charge is -2.24. The molecule has 1 fully saturated rings. The Balaban J connectivity index is 1.41. The van der Waals surface area contributed by atoms with Crippen LogP contribution in [0, 0.1) is 0 Å². The van der Waals surface area contributed by atoms with Crippen LogP contribution in [-0.2, 0) is 17.9 Å². The maximum atomic E-state index is 12.8. The third kappa shape index (κ3) is 4.09. The molecule has 4 rings (SSSR count). The Kier molecular flexibility index (Phi) is 5.30. The van der Waals surface area contributed by atoms with Gasteiger partial charge in [0.05, 0.1) is 11.7 Å². The van der Waals surface area contributed by atoms with Gasteiger partial charge in [-0.1, -0.05) is 48.5 Å². The van der Waals surface area contributed by atoms with Gasteiger partial charge in [-0.25, -0.2) is 4.68 Å². The molecule has 3 aromatic rings. The minimum Gasteiger partial charge on any atom is -0.351 e. The lowest BCUT2D eigenvalue weighted by atomic mass is 10.1. The van der Waals surface area contributed by atoms with E-state index in [1.807, 2.05) is 59.4 Å². The van der Waals surface area contributed by atoms with Gasteiger partial charge in [0.25, 0.3) is 0 Å². The zero-order valence-corrected chi connectivity index (χ0v) is 15.3. The van der Waals surface area contributed by atoms with Gasteiger partial charge >= 0.3 is 0 Å². The van der Waals surface area contributed by atoms with Crippen LogP contribution in [0.15, 0.2) is 73.1 Å². The predicted molar refractivity (Wildman–Crippen MR) is 105 cm³/mol. The maximum Gasteiger partial charge on any atom is 0.237 e. The quantitative estimate of drug-likeness (QED) is 0.735. The lowest BCUT2D eigenvalue weighted by molar-refractivity contribution is -0.125. The van der Waals surface area contributed by atoms with Gasteiger partial charge in [-0.2, -0.15) is 5.10 Å². The van der Waals surface area contributed by atoms with Crippen LogP contribution in [0.4, 0.5) is 0 Å². The van der Waals surface area contributed by atoms with Gasteiger partial charge in [0.1, 0.15) is 0 Å². The molecule has 1 aliphatic rings. The smallest absolute Gasteiger partial charge is 0.237 e. The van der Waals surface area contributed by atoms with Gasteiger partial charge < -0.3 is 5.32 Å². The van der Waals surface area contributed by atoms with Crippen molar-refractivity contribution in [2.75, 3.05) is 6.54 Å². The molecule has 5 heteroatoms. The third-order valence-electron chi connectivity index (χ3n) is 5.09. The van der Waals surface area contributed by atoms with Crippen LogP contribution in [0.2, 0.25) is 0 Å². The van der Waals surface area contributed by atoms with Crippen LogP contribution in [-0.4, -0.2) is 33.2 Å². The van der Waals surface area contributed by atoms with Crippen molar-refractivity contribution in [2.24, 2.45) is 0 Å². The molecule has 1 saturated heterocycles. The molecule has 27 heavy (non-hydrogen) atoms. The molecule has 1 atom stereocenters. The fourth-order valence-corrected chi connectivity index (χ4v) is 3.73. The molecule has 1 aliphatic heterocycles. The number of nitrogens with zero attached hydrogens (tertiary/aromatic N) is 3. The van der Waals surface area contributed by atoms with E-state index in [1.54, 1.807) is 6.20 Å². The first-order chi connectivity index (χ1) is 13.3. The fraction of sp³-hybridized carbons (Fsp3) is 0.273. The number of para-hydroxylation sites is 1. The normalized spacial score (nSPS) is 17.1. The first-order valence-electron chi connectivity index (χ1n) is 9.45. The number of benzene rings is 2. The van der Waals surface area contributed by atoms with E-state index in [1.165, 1.54) is 5.56 Å². The summed E-state index contributed by atoms with van der Waals surface area (Å²) in [4.78, 5) is 15.1. The van der Waals surface area contributed by atoms with Gasteiger partial charge in [0.15, 0.2) is 0 Å². The number of hydrogen-bond acceptors (Lipinski definition) is 3. The summed E-state index contributed by atoms with van der Waals surface area (Å²) in [6.45, 7) is 2.30. The number of hydrogen-bond donors (Lipinski definition) is 1. The summed E-state index contributed by atoms with van der Waals surface area (Å²) in [5.41, 5.74) is 3.30. The molecule has 1 aromatic heterocycles. The van der Waals surface area contributed by atoms with Crippen molar-refractivity contribution < 1.29 is 4.79 Å². The van der Waals surface area contributed by atoms with E-state index in [9.17, 15) is 4.79 Å². The van der Waals surface area contributed by atoms with Crippen LogP contribution in [0.5, 0.6) is 0 Å². The zero-order chi connectivity index (χ0) is 18.5. The number of carbonyl (C=O) groups excluding carboxylic acids is 1. The van der Waals surface area contributed by atoms with Crippen molar-refractivity contribution in [3.63, 3.8) is 0 Å². The fourth-order valence-electron chi connectivity index (χ4n) is 3.73. The summed E-state index contributed by atoms with van der Waals surface area (Å²) in [5, 5.41) is 7.44. The molecule has 0 bridgehead atoms. The first-order valence-corrected chi connectivity index (χ1v) is 9.45. The highest BCUT2D eigenvalue weighted by Crippen LogP contribution is 2.21. The van der Waals surface area contributed by atoms with E-state index >= 15 is 0 Å². The van der Waals surface area contributed by atoms with Crippen molar-refractivity contribution >= 4 is 5.91 Å². The van der Waals surface area contributed by atoms with Crippen molar-refractivity contribution in [1.82, 2.24) is 20.0 Å². The molecule has 0 radical (unpaired) electrons. The summed E-state index contributed by atoms with van der Waals surface area (Å²) < 4.78 is 1.83. The molecule has 0 aliphatic carbocycles. The van der Waals surface area contributed by atoms with Crippen LogP contribution >= 0.6 is 0 Å². The Morgan fingerprint density at radius 2 is 1.89 bits per heavy atom. The maximum absolute atomic E-state index is 12.8. The summed E-state index contributed by atoms with van der Waals surface area (Å²) in [7, 11) is 0. The largest absolute Gasteiger partial charge is 0.351 e. The highest BCUT2D eigenvalue weighted by atomic mass is 16.2. The molecular weight excluding hydrogens is 336 g/mol. The standard InChI is InChI=1S/C22H24N4O/c27-22(21-12-6-14-25(21)17-18-8-2-1-3-9-18)23-16-19-10-4-5-11-20(19)26-15-7-13-24-26/h1-5,7-11,13,15,21H,6,12,14,16-17H2,(H,23,27). The predicted octanol–water partition coefficient (Wildman–Crippen LogP) is 3.15. The van der Waals surface area contributed by atoms with E-state index in [-0.39, 0.29) is 11.9 Å². The number of likely N-dealkylation sites (tertiary alicyclic amines) is 1. The Morgan fingerprint density at radius 3 is 2.70 bits per heavy atom. The average molecular weight is 360 g/mol. The Labute approximate surface area is 159 Å². The topological polar surface area (TPSA) is 50.2 Å². The van der Waals surface area contributed by atoms with Crippen molar-refractivity contribution in [3.05, 3.63) is 84.2 Å². The second-order valence-corrected chi connectivity index (χ2v) is 6.91. The second-order valence-electron chi connectivity index (χ2n) is 6.91. The average Bonchev–Trinajstić information content (AvgIpc) is 3.39. The van der Waals surface area contributed by atoms with Gasteiger partial charge in [0.2, 0.25) is 5.91 Å². The zero-order valence-electron chi connectivity index (χ0n) is 15.3. The Hall–Kier alpha value is -2.92. The van der Waals surface area contributed by atoms with Crippen molar-refractivity contribution in [2.45, 2.75) is 32.0 Å². The first kappa shape index (κ1) is 17.5. The monoisotopic (exact) mass is 360 g/mol. The van der Waals surface area contributed by atoms with Gasteiger partial charge in [-0.15, -0.1) is 0 Å². The highest BCUT2D eigenvalue weighted by Gasteiger charge is 2.30. The van der Waals surface area contributed by atoms with Gasteiger partial charge in [-0.3, -0.25) is 9.69 Å². The van der Waals surface area contributed by atoms with Gasteiger partial charge in [-0.05, 0) is 42.6 Å². The van der Waals surface area contributed by atoms with E-state index < -0.39 is 0 Å². The molecule has 5 nitrogen and oxygen atoms in total. The lowest BCUT2D eigenvalue weighted by Crippen LogP contribution is -2.42. The summed E-state index contributed by atoms with van der Waals surface area (Å²) in [6.07, 6.45) is 5.66. The Morgan fingerprint density at radius 1 is 1.07 bits per heavy atom. The second kappa shape index (κ2) is 8.18. The number of rotatable bonds is 6. The van der Waals surface area contributed by atoms with Crippen LogP contribution < -0.4 is 5.32 Å². The molecular formula is C22H24N4O. The molecule has 0 saturated carbocycles. The molecule has 138 valence electrons. The molecule has 0 spiro atoms. The summed E-state index contributed by atoms with van der Waals surface area (Å²) >= 11 is 0. The van der Waals surface area contributed by atoms with E-state index in [4.69, 9.17) is 0 Å². The molecule has 1 N–H and O–H groups in total. The SMILES string of the molecule is O=C(NCc1ccccc1-n1cccn1)C1CCCN1Cc1ccccc1. The van der Waals surface area contributed by atoms with Crippen LogP contribution in [0.3, 0.4) is 0 Å². The summed E-state index contributed by atoms with van der Waals surface area (Å²) in [5.74, 6) is 0.110. The number of nitrogens with one attached hydrogen (secondary N) is 1. The minimum atomic E-state index is -0.0536. The molecule has 2 heterocycles. The number of carbonyl (C=O) groups is 1. The Bertz CT molecular complexity index is 876. The molecule has 1 amide bonds. The number of aromatic nitrogens is 2. The molecule has 1 unspecified atom stereocenters. The van der Waals surface area contributed by atoms with Crippen molar-refractivity contribution in [3.8, 4) is 5.69 Å². The van der Waals surface area contributed by atoms with Crippen molar-refractivity contribution in [1.29, 1.82) is 0 Å². The molecule has 2 aromatic carbocycles. The van der Waals surface area contributed by atoms with Crippen LogP contribution in [0.25, 0.3) is 5.69 Å². The number of amides is 1. The highest BCUT2D eigenvalue weighted by molar-refractivity contribution is 5.82. The minimum absolute atomic E-state index is 0.0536. The van der Waals surface area contributed by atoms with Gasteiger partial charge in [0, 0.05) is 25.5 Å². The van der Waals surface area contributed by atoms with E-state index in [0.717, 1.165) is 37.2 Å². The third-order valence-corrected chi connectivity index (χ3v) is 5.09. The van der Waals surface area contributed by atoms with Crippen LogP contribution in [0.1, 0.15) is 24.0 Å².